The summed E-state index contributed by atoms with van der Waals surface area (Å²) >= 11 is 0. The summed E-state index contributed by atoms with van der Waals surface area (Å²) in [5.74, 6) is 0.112. The topological polar surface area (TPSA) is 81.8 Å². The van der Waals surface area contributed by atoms with Gasteiger partial charge in [0, 0.05) is 18.9 Å². The third-order valence-electron chi connectivity index (χ3n) is 4.02. The number of nitrogens with zero attached hydrogens (tertiary/aromatic N) is 4. The van der Waals surface area contributed by atoms with Crippen molar-refractivity contribution >= 4 is 11.6 Å². The van der Waals surface area contributed by atoms with Crippen LogP contribution in [0.1, 0.15) is 11.1 Å². The third kappa shape index (κ3) is 3.50. The van der Waals surface area contributed by atoms with Gasteiger partial charge in [-0.25, -0.2) is 9.48 Å². The molecule has 1 amide bonds. The predicted molar refractivity (Wildman–Crippen MR) is 95.2 cm³/mol. The van der Waals surface area contributed by atoms with E-state index in [1.807, 2.05) is 38.1 Å². The molecule has 1 aromatic carbocycles. The highest BCUT2D eigenvalue weighted by Gasteiger charge is 2.15. The number of pyridine rings is 1. The normalized spacial score (nSPS) is 10.7. The maximum absolute atomic E-state index is 12.3. The minimum Gasteiger partial charge on any atom is -0.324 e. The quantitative estimate of drug-likeness (QED) is 0.788. The first kappa shape index (κ1) is 16.6. The molecule has 0 radical (unpaired) electrons. The molecule has 0 saturated heterocycles. The van der Waals surface area contributed by atoms with E-state index >= 15 is 0 Å². The van der Waals surface area contributed by atoms with E-state index in [0.29, 0.717) is 17.2 Å². The van der Waals surface area contributed by atoms with Crippen LogP contribution in [-0.4, -0.2) is 25.2 Å². The highest BCUT2D eigenvalue weighted by Crippen LogP contribution is 2.14. The summed E-state index contributed by atoms with van der Waals surface area (Å²) in [6, 6.07) is 11.0. The third-order valence-corrected chi connectivity index (χ3v) is 4.02. The van der Waals surface area contributed by atoms with Crippen LogP contribution in [0.3, 0.4) is 0 Å². The predicted octanol–water partition coefficient (Wildman–Crippen LogP) is 1.90. The van der Waals surface area contributed by atoms with Gasteiger partial charge in [0.1, 0.15) is 12.2 Å². The summed E-state index contributed by atoms with van der Waals surface area (Å²) in [7, 11) is 1.61. The number of nitrogens with one attached hydrogen (secondary N) is 1. The standard InChI is InChI=1S/C18H19N5O2/c1-12-7-8-14(10-13(12)2)20-16(24)11-23-18(25)22(3)17(21-23)15-6-4-5-9-19-15/h4-10H,11H2,1-3H3,(H,20,24). The fourth-order valence-electron chi connectivity index (χ4n) is 2.46. The van der Waals surface area contributed by atoms with Gasteiger partial charge in [-0.3, -0.25) is 14.3 Å². The van der Waals surface area contributed by atoms with Gasteiger partial charge in [-0.05, 0) is 49.2 Å². The number of hydrogen-bond acceptors (Lipinski definition) is 4. The molecule has 2 aromatic heterocycles. The minimum atomic E-state index is -0.365. The van der Waals surface area contributed by atoms with E-state index in [-0.39, 0.29) is 18.1 Å². The number of anilines is 1. The average Bonchev–Trinajstić information content (AvgIpc) is 2.87. The van der Waals surface area contributed by atoms with Gasteiger partial charge in [-0.1, -0.05) is 12.1 Å². The molecule has 0 aliphatic rings. The van der Waals surface area contributed by atoms with E-state index in [1.165, 1.54) is 4.57 Å². The average molecular weight is 337 g/mol. The number of hydrogen-bond donors (Lipinski definition) is 1. The number of carbonyl (C=O) groups excluding carboxylic acids is 1. The van der Waals surface area contributed by atoms with Crippen molar-refractivity contribution in [2.75, 3.05) is 5.32 Å². The van der Waals surface area contributed by atoms with E-state index in [2.05, 4.69) is 15.4 Å². The van der Waals surface area contributed by atoms with Crippen LogP contribution in [-0.2, 0) is 18.4 Å². The van der Waals surface area contributed by atoms with Crippen LogP contribution in [0, 0.1) is 13.8 Å². The molecule has 0 saturated carbocycles. The van der Waals surface area contributed by atoms with Crippen LogP contribution in [0.2, 0.25) is 0 Å². The molecular weight excluding hydrogens is 318 g/mol. The Labute approximate surface area is 144 Å². The summed E-state index contributed by atoms with van der Waals surface area (Å²) in [5.41, 5.74) is 3.15. The highest BCUT2D eigenvalue weighted by atomic mass is 16.2. The summed E-state index contributed by atoms with van der Waals surface area (Å²) in [6.07, 6.45) is 1.63. The molecule has 7 nitrogen and oxygen atoms in total. The van der Waals surface area contributed by atoms with Crippen LogP contribution in [0.15, 0.2) is 47.4 Å². The van der Waals surface area contributed by atoms with Gasteiger partial charge in [0.2, 0.25) is 5.91 Å². The van der Waals surface area contributed by atoms with Crippen LogP contribution >= 0.6 is 0 Å². The molecule has 0 bridgehead atoms. The van der Waals surface area contributed by atoms with Gasteiger partial charge >= 0.3 is 5.69 Å². The number of amides is 1. The lowest BCUT2D eigenvalue weighted by Gasteiger charge is -2.07. The lowest BCUT2D eigenvalue weighted by atomic mass is 10.1. The van der Waals surface area contributed by atoms with Crippen molar-refractivity contribution in [2.24, 2.45) is 7.05 Å². The fraction of sp³-hybridized carbons (Fsp3) is 0.222. The Morgan fingerprint density at radius 1 is 1.16 bits per heavy atom. The molecule has 25 heavy (non-hydrogen) atoms. The lowest BCUT2D eigenvalue weighted by molar-refractivity contribution is -0.117. The molecule has 0 aliphatic carbocycles. The molecule has 0 aliphatic heterocycles. The maximum atomic E-state index is 12.3. The number of rotatable bonds is 4. The van der Waals surface area contributed by atoms with Crippen LogP contribution in [0.4, 0.5) is 5.69 Å². The number of benzene rings is 1. The second-order valence-electron chi connectivity index (χ2n) is 5.89. The SMILES string of the molecule is Cc1ccc(NC(=O)Cn2nc(-c3ccccn3)n(C)c2=O)cc1C. The monoisotopic (exact) mass is 337 g/mol. The lowest BCUT2D eigenvalue weighted by Crippen LogP contribution is -2.29. The number of aryl methyl sites for hydroxylation is 2. The molecule has 0 fully saturated rings. The largest absolute Gasteiger partial charge is 0.346 e. The van der Waals surface area contributed by atoms with Gasteiger partial charge in [0.05, 0.1) is 0 Å². The second-order valence-corrected chi connectivity index (χ2v) is 5.89. The summed E-state index contributed by atoms with van der Waals surface area (Å²) < 4.78 is 2.52. The van der Waals surface area contributed by atoms with Crippen molar-refractivity contribution in [1.82, 2.24) is 19.3 Å². The van der Waals surface area contributed by atoms with Crippen LogP contribution < -0.4 is 11.0 Å². The molecule has 0 atom stereocenters. The fourth-order valence-corrected chi connectivity index (χ4v) is 2.46. The van der Waals surface area contributed by atoms with E-state index in [4.69, 9.17) is 0 Å². The van der Waals surface area contributed by atoms with Gasteiger partial charge in [-0.15, -0.1) is 5.10 Å². The Bertz CT molecular complexity index is 973. The zero-order chi connectivity index (χ0) is 18.0. The second kappa shape index (κ2) is 6.72. The van der Waals surface area contributed by atoms with E-state index in [9.17, 15) is 9.59 Å². The van der Waals surface area contributed by atoms with Crippen molar-refractivity contribution < 1.29 is 4.79 Å². The molecule has 3 rings (SSSR count). The van der Waals surface area contributed by atoms with Crippen LogP contribution in [0.25, 0.3) is 11.5 Å². The Morgan fingerprint density at radius 3 is 2.64 bits per heavy atom. The zero-order valence-corrected chi connectivity index (χ0v) is 14.4. The first-order valence-corrected chi connectivity index (χ1v) is 7.88. The van der Waals surface area contributed by atoms with Gasteiger partial charge in [0.15, 0.2) is 5.82 Å². The molecule has 2 heterocycles. The van der Waals surface area contributed by atoms with Crippen molar-refractivity contribution in [1.29, 1.82) is 0 Å². The molecule has 0 unspecified atom stereocenters. The Morgan fingerprint density at radius 2 is 1.96 bits per heavy atom. The van der Waals surface area contributed by atoms with Crippen molar-refractivity contribution in [2.45, 2.75) is 20.4 Å². The number of carbonyl (C=O) groups is 1. The van der Waals surface area contributed by atoms with Gasteiger partial charge < -0.3 is 5.32 Å². The summed E-state index contributed by atoms with van der Waals surface area (Å²) in [5, 5.41) is 7.03. The van der Waals surface area contributed by atoms with E-state index in [0.717, 1.165) is 15.8 Å². The molecule has 0 spiro atoms. The van der Waals surface area contributed by atoms with Crippen molar-refractivity contribution in [3.8, 4) is 11.5 Å². The van der Waals surface area contributed by atoms with Crippen molar-refractivity contribution in [3.05, 3.63) is 64.2 Å². The van der Waals surface area contributed by atoms with Gasteiger partial charge in [0.25, 0.3) is 0 Å². The van der Waals surface area contributed by atoms with E-state index in [1.54, 1.807) is 25.4 Å². The molecule has 7 heteroatoms. The maximum Gasteiger partial charge on any atom is 0.346 e. The smallest absolute Gasteiger partial charge is 0.324 e. The highest BCUT2D eigenvalue weighted by molar-refractivity contribution is 5.90. The Balaban J connectivity index is 1.80. The molecule has 3 aromatic rings. The van der Waals surface area contributed by atoms with Crippen molar-refractivity contribution in [3.63, 3.8) is 0 Å². The Kier molecular flexibility index (Phi) is 4.47. The van der Waals surface area contributed by atoms with Gasteiger partial charge in [-0.2, -0.15) is 0 Å². The molecular formula is C18H19N5O2. The van der Waals surface area contributed by atoms with E-state index < -0.39 is 0 Å². The first-order chi connectivity index (χ1) is 12.0. The Hall–Kier alpha value is -3.22. The molecule has 1 N–H and O–H groups in total. The summed E-state index contributed by atoms with van der Waals surface area (Å²) in [6.45, 7) is 3.83. The summed E-state index contributed by atoms with van der Waals surface area (Å²) in [4.78, 5) is 28.7. The number of aromatic nitrogens is 4. The minimum absolute atomic E-state index is 0.160. The molecule has 128 valence electrons. The first-order valence-electron chi connectivity index (χ1n) is 7.88. The van der Waals surface area contributed by atoms with Crippen LogP contribution in [0.5, 0.6) is 0 Å². The zero-order valence-electron chi connectivity index (χ0n) is 14.4.